The van der Waals surface area contributed by atoms with Crippen molar-refractivity contribution in [2.24, 2.45) is 4.99 Å². The molecular weight excluding hydrogens is 372 g/mol. The van der Waals surface area contributed by atoms with Gasteiger partial charge in [0.15, 0.2) is 11.5 Å². The van der Waals surface area contributed by atoms with Gasteiger partial charge in [-0.2, -0.15) is 0 Å². The Kier molecular flexibility index (Phi) is 4.01. The minimum absolute atomic E-state index is 0.741. The summed E-state index contributed by atoms with van der Waals surface area (Å²) in [6.45, 7) is 3.04. The van der Waals surface area contributed by atoms with E-state index in [1.807, 2.05) is 23.0 Å². The summed E-state index contributed by atoms with van der Waals surface area (Å²) in [5.41, 5.74) is 7.53. The van der Waals surface area contributed by atoms with E-state index in [0.717, 1.165) is 48.0 Å². The van der Waals surface area contributed by atoms with Gasteiger partial charge in [-0.25, -0.2) is 9.97 Å². The van der Waals surface area contributed by atoms with Crippen molar-refractivity contribution in [3.63, 3.8) is 0 Å². The number of hydrogen-bond acceptors (Lipinski definition) is 5. The molecule has 2 aromatic heterocycles. The number of rotatable bonds is 4. The summed E-state index contributed by atoms with van der Waals surface area (Å²) < 4.78 is 2.02. The van der Waals surface area contributed by atoms with Gasteiger partial charge in [-0.05, 0) is 54.3 Å². The number of anilines is 3. The molecule has 1 N–H and O–H groups in total. The number of nitrogens with zero attached hydrogens (tertiary/aromatic N) is 5. The Morgan fingerprint density at radius 3 is 2.70 bits per heavy atom. The summed E-state index contributed by atoms with van der Waals surface area (Å²) >= 11 is 0. The van der Waals surface area contributed by atoms with Crippen LogP contribution in [0.3, 0.4) is 0 Å². The summed E-state index contributed by atoms with van der Waals surface area (Å²) in [7, 11) is 0. The fourth-order valence-corrected chi connectivity index (χ4v) is 4.29. The SMILES string of the molecule is C1=NCc2cc(-c3cn4ccnc4c(Nc4ccc(N5CCCC5)cc4)n3)ccc21. The number of benzene rings is 2. The Balaban J connectivity index is 1.34. The van der Waals surface area contributed by atoms with Crippen LogP contribution in [0.4, 0.5) is 17.2 Å². The van der Waals surface area contributed by atoms with Gasteiger partial charge in [0.05, 0.1) is 12.2 Å². The van der Waals surface area contributed by atoms with Gasteiger partial charge >= 0.3 is 0 Å². The summed E-state index contributed by atoms with van der Waals surface area (Å²) in [6, 6.07) is 15.0. The van der Waals surface area contributed by atoms with E-state index < -0.39 is 0 Å². The monoisotopic (exact) mass is 394 g/mol. The first-order valence-electron chi connectivity index (χ1n) is 10.4. The zero-order valence-electron chi connectivity index (χ0n) is 16.6. The second kappa shape index (κ2) is 6.99. The number of nitrogens with one attached hydrogen (secondary N) is 1. The highest BCUT2D eigenvalue weighted by Gasteiger charge is 2.14. The summed E-state index contributed by atoms with van der Waals surface area (Å²) in [5, 5.41) is 3.48. The maximum absolute atomic E-state index is 4.92. The van der Waals surface area contributed by atoms with Crippen LogP contribution in [0.1, 0.15) is 24.0 Å². The van der Waals surface area contributed by atoms with Crippen molar-refractivity contribution in [2.75, 3.05) is 23.3 Å². The maximum atomic E-state index is 4.92. The van der Waals surface area contributed by atoms with Gasteiger partial charge < -0.3 is 14.6 Å². The van der Waals surface area contributed by atoms with Crippen molar-refractivity contribution < 1.29 is 0 Å². The van der Waals surface area contributed by atoms with E-state index in [-0.39, 0.29) is 0 Å². The lowest BCUT2D eigenvalue weighted by Gasteiger charge is -2.18. The lowest BCUT2D eigenvalue weighted by Crippen LogP contribution is -2.17. The molecule has 4 heterocycles. The van der Waals surface area contributed by atoms with Crippen molar-refractivity contribution in [3.05, 3.63) is 72.2 Å². The number of fused-ring (bicyclic) bond motifs is 2. The molecule has 6 nitrogen and oxygen atoms in total. The number of aliphatic imine (C=N–C) groups is 1. The Labute approximate surface area is 174 Å². The zero-order chi connectivity index (χ0) is 19.9. The van der Waals surface area contributed by atoms with Crippen LogP contribution in [0.5, 0.6) is 0 Å². The quantitative estimate of drug-likeness (QED) is 0.546. The second-order valence-corrected chi connectivity index (χ2v) is 7.88. The van der Waals surface area contributed by atoms with Crippen LogP contribution in [-0.4, -0.2) is 33.7 Å². The Morgan fingerprint density at radius 2 is 1.83 bits per heavy atom. The molecule has 1 fully saturated rings. The van der Waals surface area contributed by atoms with E-state index in [1.54, 1.807) is 6.20 Å². The average molecular weight is 394 g/mol. The third kappa shape index (κ3) is 3.01. The third-order valence-corrected chi connectivity index (χ3v) is 5.91. The summed E-state index contributed by atoms with van der Waals surface area (Å²) in [5.74, 6) is 0.753. The topological polar surface area (TPSA) is 57.8 Å². The lowest BCUT2D eigenvalue weighted by atomic mass is 10.0. The second-order valence-electron chi connectivity index (χ2n) is 7.88. The van der Waals surface area contributed by atoms with E-state index in [4.69, 9.17) is 4.98 Å². The fraction of sp³-hybridized carbons (Fsp3) is 0.208. The van der Waals surface area contributed by atoms with Crippen molar-refractivity contribution >= 4 is 29.1 Å². The maximum Gasteiger partial charge on any atom is 0.180 e. The summed E-state index contributed by atoms with van der Waals surface area (Å²) in [4.78, 5) is 16.2. The highest BCUT2D eigenvalue weighted by atomic mass is 15.1. The molecule has 0 amide bonds. The average Bonchev–Trinajstić information content (AvgIpc) is 3.54. The minimum atomic E-state index is 0.741. The molecule has 30 heavy (non-hydrogen) atoms. The molecule has 0 saturated carbocycles. The molecule has 0 atom stereocenters. The molecule has 2 aliphatic rings. The van der Waals surface area contributed by atoms with Gasteiger partial charge in [-0.1, -0.05) is 12.1 Å². The van der Waals surface area contributed by atoms with Crippen LogP contribution in [-0.2, 0) is 6.54 Å². The predicted molar refractivity (Wildman–Crippen MR) is 121 cm³/mol. The molecule has 0 unspecified atom stereocenters. The van der Waals surface area contributed by atoms with Gasteiger partial charge in [-0.3, -0.25) is 4.99 Å². The molecule has 0 aliphatic carbocycles. The molecule has 0 bridgehead atoms. The van der Waals surface area contributed by atoms with Gasteiger partial charge in [0.2, 0.25) is 0 Å². The molecule has 6 rings (SSSR count). The first-order valence-corrected chi connectivity index (χ1v) is 10.4. The molecule has 6 heteroatoms. The van der Waals surface area contributed by atoms with E-state index >= 15 is 0 Å². The van der Waals surface area contributed by atoms with E-state index in [1.165, 1.54) is 29.7 Å². The van der Waals surface area contributed by atoms with Crippen molar-refractivity contribution in [3.8, 4) is 11.3 Å². The predicted octanol–water partition coefficient (Wildman–Crippen LogP) is 4.67. The van der Waals surface area contributed by atoms with E-state index in [9.17, 15) is 0 Å². The molecule has 1 saturated heterocycles. The number of hydrogen-bond donors (Lipinski definition) is 1. The Morgan fingerprint density at radius 1 is 0.967 bits per heavy atom. The van der Waals surface area contributed by atoms with E-state index in [2.05, 4.69) is 62.7 Å². The van der Waals surface area contributed by atoms with Crippen LogP contribution >= 0.6 is 0 Å². The normalized spacial score (nSPS) is 15.1. The summed E-state index contributed by atoms with van der Waals surface area (Å²) in [6.07, 6.45) is 10.3. The van der Waals surface area contributed by atoms with Gasteiger partial charge in [-0.15, -0.1) is 0 Å². The number of aromatic nitrogens is 3. The van der Waals surface area contributed by atoms with Crippen LogP contribution in [0.15, 0.2) is 66.0 Å². The minimum Gasteiger partial charge on any atom is -0.372 e. The lowest BCUT2D eigenvalue weighted by molar-refractivity contribution is 0.949. The smallest absolute Gasteiger partial charge is 0.180 e. The molecule has 2 aromatic carbocycles. The van der Waals surface area contributed by atoms with Crippen molar-refractivity contribution in [2.45, 2.75) is 19.4 Å². The van der Waals surface area contributed by atoms with E-state index in [0.29, 0.717) is 0 Å². The van der Waals surface area contributed by atoms with Gasteiger partial charge in [0.1, 0.15) is 0 Å². The molecule has 2 aliphatic heterocycles. The number of imidazole rings is 1. The zero-order valence-corrected chi connectivity index (χ0v) is 16.6. The third-order valence-electron chi connectivity index (χ3n) is 5.91. The van der Waals surface area contributed by atoms with Crippen LogP contribution in [0.2, 0.25) is 0 Å². The highest BCUT2D eigenvalue weighted by Crippen LogP contribution is 2.28. The van der Waals surface area contributed by atoms with Gasteiger partial charge in [0.25, 0.3) is 0 Å². The largest absolute Gasteiger partial charge is 0.372 e. The van der Waals surface area contributed by atoms with Gasteiger partial charge in [0, 0.05) is 54.8 Å². The Hall–Kier alpha value is -3.67. The molecule has 148 valence electrons. The van der Waals surface area contributed by atoms with Crippen LogP contribution < -0.4 is 10.2 Å². The van der Waals surface area contributed by atoms with Crippen molar-refractivity contribution in [1.29, 1.82) is 0 Å². The van der Waals surface area contributed by atoms with Crippen LogP contribution in [0, 0.1) is 0 Å². The molecular formula is C24H22N6. The van der Waals surface area contributed by atoms with Crippen LogP contribution in [0.25, 0.3) is 16.9 Å². The molecule has 4 aromatic rings. The highest BCUT2D eigenvalue weighted by molar-refractivity contribution is 5.86. The molecule has 0 spiro atoms. The standard InChI is InChI=1S/C24H22N6/c1-2-11-29(10-1)21-7-5-20(6-8-21)27-23-24-26-9-12-30(24)16-22(28-23)17-3-4-18-14-25-15-19(18)13-17/h3-9,12-14,16H,1-2,10-11,15H2,(H,27,28). The first kappa shape index (κ1) is 17.2. The molecule has 0 radical (unpaired) electrons. The Bertz CT molecular complexity index is 1250. The van der Waals surface area contributed by atoms with Crippen molar-refractivity contribution in [1.82, 2.24) is 14.4 Å². The first-order chi connectivity index (χ1) is 14.8. The fourth-order valence-electron chi connectivity index (χ4n) is 4.29.